The standard InChI is InChI=1S/C20H21N3O4S2/c24-19(14-28-20-22-17-9-2-3-10-18(17)27-20)21-15-7-6-8-16(13-15)29(25,26)23-11-4-1-5-12-23/h2-3,6-10,13H,1,4-5,11-12,14H2,(H,21,24). The molecule has 0 aliphatic carbocycles. The maximum atomic E-state index is 12.8. The molecule has 1 aromatic heterocycles. The van der Waals surface area contributed by atoms with Gasteiger partial charge in [-0.3, -0.25) is 4.79 Å². The molecule has 0 spiro atoms. The van der Waals surface area contributed by atoms with Gasteiger partial charge in [-0.05, 0) is 43.2 Å². The maximum Gasteiger partial charge on any atom is 0.257 e. The van der Waals surface area contributed by atoms with E-state index in [-0.39, 0.29) is 16.6 Å². The van der Waals surface area contributed by atoms with Gasteiger partial charge >= 0.3 is 0 Å². The van der Waals surface area contributed by atoms with Gasteiger partial charge in [-0.1, -0.05) is 36.4 Å². The fourth-order valence-corrected chi connectivity index (χ4v) is 5.43. The third kappa shape index (κ3) is 4.63. The van der Waals surface area contributed by atoms with Crippen LogP contribution in [0.5, 0.6) is 0 Å². The number of hydrogen-bond acceptors (Lipinski definition) is 6. The number of rotatable bonds is 6. The Bertz CT molecular complexity index is 1090. The number of nitrogens with zero attached hydrogens (tertiary/aromatic N) is 2. The lowest BCUT2D eigenvalue weighted by atomic mass is 10.2. The molecule has 1 amide bonds. The molecule has 29 heavy (non-hydrogen) atoms. The van der Waals surface area contributed by atoms with Gasteiger partial charge in [-0.15, -0.1) is 0 Å². The molecular weight excluding hydrogens is 410 g/mol. The summed E-state index contributed by atoms with van der Waals surface area (Å²) < 4.78 is 32.7. The van der Waals surface area contributed by atoms with E-state index >= 15 is 0 Å². The van der Waals surface area contributed by atoms with Crippen molar-refractivity contribution in [3.63, 3.8) is 0 Å². The molecule has 152 valence electrons. The Balaban J connectivity index is 1.40. The third-order valence-electron chi connectivity index (χ3n) is 4.67. The summed E-state index contributed by atoms with van der Waals surface area (Å²) in [6.45, 7) is 1.08. The predicted molar refractivity (Wildman–Crippen MR) is 112 cm³/mol. The Hall–Kier alpha value is -2.36. The molecule has 1 saturated heterocycles. The minimum absolute atomic E-state index is 0.107. The zero-order valence-electron chi connectivity index (χ0n) is 15.7. The highest BCUT2D eigenvalue weighted by molar-refractivity contribution is 7.99. The summed E-state index contributed by atoms with van der Waals surface area (Å²) in [7, 11) is -3.54. The molecule has 4 rings (SSSR count). The van der Waals surface area contributed by atoms with Crippen LogP contribution in [0.4, 0.5) is 5.69 Å². The molecule has 9 heteroatoms. The first-order chi connectivity index (χ1) is 14.0. The van der Waals surface area contributed by atoms with Crippen LogP contribution >= 0.6 is 11.8 Å². The number of nitrogens with one attached hydrogen (secondary N) is 1. The van der Waals surface area contributed by atoms with Crippen molar-refractivity contribution >= 4 is 44.5 Å². The second-order valence-electron chi connectivity index (χ2n) is 6.78. The van der Waals surface area contributed by atoms with Gasteiger partial charge in [0, 0.05) is 18.8 Å². The third-order valence-corrected chi connectivity index (χ3v) is 7.39. The highest BCUT2D eigenvalue weighted by atomic mass is 32.2. The Kier molecular flexibility index (Phi) is 5.89. The van der Waals surface area contributed by atoms with E-state index in [1.807, 2.05) is 24.3 Å². The van der Waals surface area contributed by atoms with Gasteiger partial charge in [0.05, 0.1) is 10.6 Å². The van der Waals surface area contributed by atoms with Crippen molar-refractivity contribution in [2.75, 3.05) is 24.2 Å². The van der Waals surface area contributed by atoms with E-state index in [9.17, 15) is 13.2 Å². The summed E-state index contributed by atoms with van der Waals surface area (Å²) in [5.74, 6) is -0.152. The number of thioether (sulfide) groups is 1. The molecule has 3 aromatic rings. The second kappa shape index (κ2) is 8.56. The minimum Gasteiger partial charge on any atom is -0.431 e. The number of piperidine rings is 1. The number of anilines is 1. The van der Waals surface area contributed by atoms with Crippen LogP contribution < -0.4 is 5.32 Å². The number of aromatic nitrogens is 1. The summed E-state index contributed by atoms with van der Waals surface area (Å²) in [6.07, 6.45) is 2.81. The molecule has 0 radical (unpaired) electrons. The smallest absolute Gasteiger partial charge is 0.257 e. The monoisotopic (exact) mass is 431 g/mol. The van der Waals surface area contributed by atoms with Crippen molar-refractivity contribution in [1.29, 1.82) is 0 Å². The lowest BCUT2D eigenvalue weighted by Crippen LogP contribution is -2.35. The van der Waals surface area contributed by atoms with Gasteiger partial charge in [0.25, 0.3) is 5.22 Å². The molecule has 1 fully saturated rings. The maximum absolute atomic E-state index is 12.8. The van der Waals surface area contributed by atoms with Crippen LogP contribution in [0.2, 0.25) is 0 Å². The summed E-state index contributed by atoms with van der Waals surface area (Å²) >= 11 is 1.19. The zero-order valence-corrected chi connectivity index (χ0v) is 17.3. The van der Waals surface area contributed by atoms with E-state index in [0.29, 0.717) is 29.6 Å². The molecule has 1 aliphatic heterocycles. The largest absolute Gasteiger partial charge is 0.431 e. The van der Waals surface area contributed by atoms with E-state index < -0.39 is 10.0 Å². The van der Waals surface area contributed by atoms with E-state index in [4.69, 9.17) is 4.42 Å². The molecule has 1 N–H and O–H groups in total. The summed E-state index contributed by atoms with van der Waals surface area (Å²) in [4.78, 5) is 16.8. The van der Waals surface area contributed by atoms with Gasteiger partial charge in [0.1, 0.15) is 5.52 Å². The lowest BCUT2D eigenvalue weighted by Gasteiger charge is -2.26. The van der Waals surface area contributed by atoms with Crippen LogP contribution in [0.1, 0.15) is 19.3 Å². The molecular formula is C20H21N3O4S2. The van der Waals surface area contributed by atoms with Crippen molar-refractivity contribution in [3.8, 4) is 0 Å². The molecule has 1 aliphatic rings. The normalized spacial score (nSPS) is 15.4. The fraction of sp³-hybridized carbons (Fsp3) is 0.300. The predicted octanol–water partition coefficient (Wildman–Crippen LogP) is 3.73. The number of benzene rings is 2. The Morgan fingerprint density at radius 3 is 2.69 bits per heavy atom. The number of carbonyl (C=O) groups is 1. The van der Waals surface area contributed by atoms with Crippen LogP contribution in [0.15, 0.2) is 63.1 Å². The average Bonchev–Trinajstić information content (AvgIpc) is 3.16. The number of para-hydroxylation sites is 2. The van der Waals surface area contributed by atoms with Crippen LogP contribution in [-0.4, -0.2) is 42.5 Å². The van der Waals surface area contributed by atoms with Gasteiger partial charge in [0.15, 0.2) is 5.58 Å². The van der Waals surface area contributed by atoms with E-state index in [0.717, 1.165) is 24.8 Å². The van der Waals surface area contributed by atoms with E-state index in [1.54, 1.807) is 18.2 Å². The Labute approximate surface area is 173 Å². The number of sulfonamides is 1. The first-order valence-electron chi connectivity index (χ1n) is 9.41. The van der Waals surface area contributed by atoms with E-state index in [1.165, 1.54) is 22.1 Å². The van der Waals surface area contributed by atoms with Gasteiger partial charge in [-0.2, -0.15) is 4.31 Å². The van der Waals surface area contributed by atoms with Crippen molar-refractivity contribution in [2.24, 2.45) is 0 Å². The minimum atomic E-state index is -3.54. The summed E-state index contributed by atoms with van der Waals surface area (Å²) in [5, 5.41) is 3.17. The van der Waals surface area contributed by atoms with Gasteiger partial charge in [-0.25, -0.2) is 13.4 Å². The highest BCUT2D eigenvalue weighted by Crippen LogP contribution is 2.25. The molecule has 0 saturated carbocycles. The van der Waals surface area contributed by atoms with Crippen molar-refractivity contribution in [1.82, 2.24) is 9.29 Å². The van der Waals surface area contributed by atoms with Crippen molar-refractivity contribution in [3.05, 3.63) is 48.5 Å². The summed E-state index contributed by atoms with van der Waals surface area (Å²) in [5.41, 5.74) is 1.86. The molecule has 2 aromatic carbocycles. The molecule has 7 nitrogen and oxygen atoms in total. The number of hydrogen-bond donors (Lipinski definition) is 1. The molecule has 0 atom stereocenters. The number of fused-ring (bicyclic) bond motifs is 1. The highest BCUT2D eigenvalue weighted by Gasteiger charge is 2.26. The molecule has 0 bridgehead atoms. The number of carbonyl (C=O) groups excluding carboxylic acids is 1. The SMILES string of the molecule is O=C(CSc1nc2ccccc2o1)Nc1cccc(S(=O)(=O)N2CCCCC2)c1. The Morgan fingerprint density at radius 2 is 1.90 bits per heavy atom. The zero-order chi connectivity index (χ0) is 20.3. The van der Waals surface area contributed by atoms with E-state index in [2.05, 4.69) is 10.3 Å². The van der Waals surface area contributed by atoms with Crippen LogP contribution in [-0.2, 0) is 14.8 Å². The summed E-state index contributed by atoms with van der Waals surface area (Å²) in [6, 6.07) is 13.8. The lowest BCUT2D eigenvalue weighted by molar-refractivity contribution is -0.113. The quantitative estimate of drug-likeness (QED) is 0.598. The first-order valence-corrected chi connectivity index (χ1v) is 11.8. The number of amides is 1. The van der Waals surface area contributed by atoms with Crippen LogP contribution in [0, 0.1) is 0 Å². The topological polar surface area (TPSA) is 92.5 Å². The average molecular weight is 432 g/mol. The second-order valence-corrected chi connectivity index (χ2v) is 9.64. The fourth-order valence-electron chi connectivity index (χ4n) is 3.23. The van der Waals surface area contributed by atoms with Crippen LogP contribution in [0.25, 0.3) is 11.1 Å². The van der Waals surface area contributed by atoms with Gasteiger partial charge < -0.3 is 9.73 Å². The molecule has 0 unspecified atom stereocenters. The first kappa shape index (κ1) is 19.9. The molecule has 2 heterocycles. The Morgan fingerprint density at radius 1 is 1.10 bits per heavy atom. The van der Waals surface area contributed by atoms with Crippen molar-refractivity contribution < 1.29 is 17.6 Å². The van der Waals surface area contributed by atoms with Crippen LogP contribution in [0.3, 0.4) is 0 Å². The number of oxazole rings is 1. The van der Waals surface area contributed by atoms with Gasteiger partial charge in [0.2, 0.25) is 15.9 Å². The van der Waals surface area contributed by atoms with Crippen molar-refractivity contribution in [2.45, 2.75) is 29.4 Å².